The molecule has 0 amide bonds. The SMILES string of the molecule is COc1cc([C@@H]2C3=C(CCCC3=O)Nc3nc(SCc4ccccc4Cl)[nH]c(=O)c32)cc(OC)c1O. The molecule has 3 aromatic rings. The number of thioether (sulfide) groups is 1. The van der Waals surface area contributed by atoms with Crippen molar-refractivity contribution in [3.8, 4) is 17.2 Å². The van der Waals surface area contributed by atoms with Crippen LogP contribution >= 0.6 is 23.4 Å². The number of aromatic nitrogens is 2. The van der Waals surface area contributed by atoms with Gasteiger partial charge in [-0.1, -0.05) is 41.6 Å². The van der Waals surface area contributed by atoms with Gasteiger partial charge in [-0.2, -0.15) is 0 Å². The van der Waals surface area contributed by atoms with Crippen LogP contribution in [0.15, 0.2) is 57.6 Å². The Bertz CT molecular complexity index is 1430. The first kappa shape index (κ1) is 24.3. The lowest BCUT2D eigenvalue weighted by Crippen LogP contribution is -2.32. The predicted octanol–water partition coefficient (Wildman–Crippen LogP) is 5.00. The van der Waals surface area contributed by atoms with E-state index in [1.54, 1.807) is 12.1 Å². The zero-order valence-electron chi connectivity index (χ0n) is 19.7. The summed E-state index contributed by atoms with van der Waals surface area (Å²) in [5, 5.41) is 14.8. The van der Waals surface area contributed by atoms with E-state index in [1.165, 1.54) is 26.0 Å². The van der Waals surface area contributed by atoms with Gasteiger partial charge >= 0.3 is 0 Å². The van der Waals surface area contributed by atoms with E-state index in [0.29, 0.717) is 57.7 Å². The number of Topliss-reactive ketones (excluding diaryl/α,β-unsaturated/α-hetero) is 1. The number of hydrogen-bond acceptors (Lipinski definition) is 8. The lowest BCUT2D eigenvalue weighted by Gasteiger charge is -2.33. The Morgan fingerprint density at radius 2 is 1.86 bits per heavy atom. The van der Waals surface area contributed by atoms with E-state index in [-0.39, 0.29) is 28.6 Å². The number of phenols is 1. The summed E-state index contributed by atoms with van der Waals surface area (Å²) < 4.78 is 10.7. The number of anilines is 1. The molecule has 1 aliphatic carbocycles. The van der Waals surface area contributed by atoms with E-state index in [9.17, 15) is 14.7 Å². The maximum absolute atomic E-state index is 13.5. The van der Waals surface area contributed by atoms with Crippen LogP contribution in [0.1, 0.15) is 41.9 Å². The molecule has 2 aromatic carbocycles. The Kier molecular flexibility index (Phi) is 6.68. The molecular weight excluding hydrogens is 502 g/mol. The quantitative estimate of drug-likeness (QED) is 0.304. The Balaban J connectivity index is 1.62. The summed E-state index contributed by atoms with van der Waals surface area (Å²) in [6.45, 7) is 0. The lowest BCUT2D eigenvalue weighted by atomic mass is 9.76. The fraction of sp³-hybridized carbons (Fsp3) is 0.269. The lowest BCUT2D eigenvalue weighted by molar-refractivity contribution is -0.116. The van der Waals surface area contributed by atoms with Crippen molar-refractivity contribution in [2.75, 3.05) is 19.5 Å². The third-order valence-electron chi connectivity index (χ3n) is 6.39. The van der Waals surface area contributed by atoms with Gasteiger partial charge in [0.15, 0.2) is 22.4 Å². The number of H-pyrrole nitrogens is 1. The second-order valence-electron chi connectivity index (χ2n) is 8.51. The van der Waals surface area contributed by atoms with E-state index >= 15 is 0 Å². The number of aromatic amines is 1. The van der Waals surface area contributed by atoms with Crippen LogP contribution < -0.4 is 20.3 Å². The molecule has 3 N–H and O–H groups in total. The van der Waals surface area contributed by atoms with Crippen LogP contribution in [0.25, 0.3) is 0 Å². The summed E-state index contributed by atoms with van der Waals surface area (Å²) in [6, 6.07) is 10.8. The van der Waals surface area contributed by atoms with Gasteiger partial charge in [0.2, 0.25) is 5.75 Å². The van der Waals surface area contributed by atoms with E-state index in [0.717, 1.165) is 11.3 Å². The van der Waals surface area contributed by atoms with E-state index in [4.69, 9.17) is 26.1 Å². The molecule has 0 unspecified atom stereocenters. The highest BCUT2D eigenvalue weighted by atomic mass is 35.5. The molecule has 186 valence electrons. The molecular formula is C26H24ClN3O5S. The number of carbonyl (C=O) groups is 1. The van der Waals surface area contributed by atoms with Crippen molar-refractivity contribution in [3.63, 3.8) is 0 Å². The summed E-state index contributed by atoms with van der Waals surface area (Å²) in [4.78, 5) is 34.2. The smallest absolute Gasteiger partial charge is 0.257 e. The van der Waals surface area contributed by atoms with Crippen LogP contribution in [0.3, 0.4) is 0 Å². The summed E-state index contributed by atoms with van der Waals surface area (Å²) in [5.41, 5.74) is 2.80. The van der Waals surface area contributed by atoms with E-state index in [1.807, 2.05) is 24.3 Å². The van der Waals surface area contributed by atoms with Crippen molar-refractivity contribution in [2.24, 2.45) is 0 Å². The molecule has 10 heteroatoms. The van der Waals surface area contributed by atoms with Gasteiger partial charge < -0.3 is 24.9 Å². The van der Waals surface area contributed by atoms with E-state index < -0.39 is 5.92 Å². The fourth-order valence-corrected chi connectivity index (χ4v) is 5.83. The second kappa shape index (κ2) is 9.91. The number of nitrogens with zero attached hydrogens (tertiary/aromatic N) is 1. The van der Waals surface area contributed by atoms with Gasteiger partial charge in [0.1, 0.15) is 5.82 Å². The van der Waals surface area contributed by atoms with Crippen molar-refractivity contribution < 1.29 is 19.4 Å². The van der Waals surface area contributed by atoms with Gasteiger partial charge in [0.05, 0.1) is 19.8 Å². The molecule has 0 saturated heterocycles. The number of rotatable bonds is 6. The number of allylic oxidation sites excluding steroid dienone is 2. The highest BCUT2D eigenvalue weighted by Crippen LogP contribution is 2.47. The summed E-state index contributed by atoms with van der Waals surface area (Å²) in [5.74, 6) is 0.444. The second-order valence-corrected chi connectivity index (χ2v) is 9.89. The number of carbonyl (C=O) groups excluding carboxylic acids is 1. The number of ether oxygens (including phenoxy) is 2. The minimum absolute atomic E-state index is 0.0259. The first-order valence-corrected chi connectivity index (χ1v) is 12.8. The number of aromatic hydroxyl groups is 1. The van der Waals surface area contributed by atoms with Crippen LogP contribution in [-0.2, 0) is 10.5 Å². The molecule has 36 heavy (non-hydrogen) atoms. The highest BCUT2D eigenvalue weighted by molar-refractivity contribution is 7.98. The fourth-order valence-electron chi connectivity index (χ4n) is 4.68. The summed E-state index contributed by atoms with van der Waals surface area (Å²) in [6.07, 6.45) is 1.78. The zero-order chi connectivity index (χ0) is 25.4. The average Bonchev–Trinajstić information content (AvgIpc) is 2.87. The molecule has 8 nitrogen and oxygen atoms in total. The van der Waals surface area contributed by atoms with Gasteiger partial charge in [-0.25, -0.2) is 4.98 Å². The third kappa shape index (κ3) is 4.33. The van der Waals surface area contributed by atoms with Crippen molar-refractivity contribution in [1.82, 2.24) is 9.97 Å². The van der Waals surface area contributed by atoms with Crippen LogP contribution in [0.4, 0.5) is 5.82 Å². The van der Waals surface area contributed by atoms with Gasteiger partial charge in [-0.15, -0.1) is 0 Å². The molecule has 1 atom stereocenters. The molecule has 0 bridgehead atoms. The molecule has 5 rings (SSSR count). The Hall–Kier alpha value is -3.43. The van der Waals surface area contributed by atoms with Gasteiger partial charge in [-0.05, 0) is 42.2 Å². The van der Waals surface area contributed by atoms with Crippen LogP contribution in [0.5, 0.6) is 17.2 Å². The number of ketones is 1. The maximum atomic E-state index is 13.5. The van der Waals surface area contributed by atoms with Crippen molar-refractivity contribution in [3.05, 3.63) is 79.7 Å². The number of hydrogen-bond donors (Lipinski definition) is 3. The Labute approximate surface area is 216 Å². The molecule has 1 aliphatic heterocycles. The average molecular weight is 526 g/mol. The minimum Gasteiger partial charge on any atom is -0.502 e. The highest BCUT2D eigenvalue weighted by Gasteiger charge is 2.38. The number of halogens is 1. The van der Waals surface area contributed by atoms with Gasteiger partial charge in [-0.3, -0.25) is 9.59 Å². The number of fused-ring (bicyclic) bond motifs is 1. The molecule has 2 heterocycles. The van der Waals surface area contributed by atoms with Crippen LogP contribution in [-0.4, -0.2) is 35.1 Å². The van der Waals surface area contributed by atoms with Gasteiger partial charge in [0.25, 0.3) is 5.56 Å². The topological polar surface area (TPSA) is 114 Å². The third-order valence-corrected chi connectivity index (χ3v) is 7.68. The summed E-state index contributed by atoms with van der Waals surface area (Å²) in [7, 11) is 2.86. The maximum Gasteiger partial charge on any atom is 0.257 e. The number of nitrogens with one attached hydrogen (secondary N) is 2. The van der Waals surface area contributed by atoms with Crippen molar-refractivity contribution in [2.45, 2.75) is 36.1 Å². The normalized spacial score (nSPS) is 16.8. The minimum atomic E-state index is -0.689. The molecule has 1 aromatic heterocycles. The van der Waals surface area contributed by atoms with Crippen LogP contribution in [0, 0.1) is 0 Å². The van der Waals surface area contributed by atoms with Crippen molar-refractivity contribution in [1.29, 1.82) is 0 Å². The standard InChI is InChI=1S/C26H24ClN3O5S/c1-34-18-10-14(11-19(35-2)23(18)32)20-21-16(8-5-9-17(21)31)28-24-22(20)25(33)30-26(29-24)36-12-13-6-3-4-7-15(13)27/h3-4,6-7,10-11,20,32H,5,8-9,12H2,1-2H3,(H2,28,29,30,33)/t20-/m1/s1. The Morgan fingerprint density at radius 1 is 1.14 bits per heavy atom. The molecule has 0 fully saturated rings. The molecule has 0 spiro atoms. The molecule has 0 radical (unpaired) electrons. The van der Waals surface area contributed by atoms with Crippen molar-refractivity contribution >= 4 is 35.0 Å². The van der Waals surface area contributed by atoms with E-state index in [2.05, 4.69) is 10.3 Å². The number of benzene rings is 2. The monoisotopic (exact) mass is 525 g/mol. The molecule has 0 saturated carbocycles. The largest absolute Gasteiger partial charge is 0.502 e. The van der Waals surface area contributed by atoms with Crippen LogP contribution in [0.2, 0.25) is 5.02 Å². The number of methoxy groups -OCH3 is 2. The predicted molar refractivity (Wildman–Crippen MR) is 138 cm³/mol. The summed E-state index contributed by atoms with van der Waals surface area (Å²) >= 11 is 7.65. The Morgan fingerprint density at radius 3 is 2.56 bits per heavy atom. The zero-order valence-corrected chi connectivity index (χ0v) is 21.3. The first-order valence-electron chi connectivity index (χ1n) is 11.4. The van der Waals surface area contributed by atoms with Gasteiger partial charge in [0, 0.05) is 34.4 Å². The number of phenolic OH excluding ortho intramolecular Hbond substituents is 1. The first-order chi connectivity index (χ1) is 17.4. The molecule has 2 aliphatic rings.